The third-order valence-electron chi connectivity index (χ3n) is 2.75. The van der Waals surface area contributed by atoms with E-state index in [4.69, 9.17) is 0 Å². The lowest BCUT2D eigenvalue weighted by molar-refractivity contribution is -0.121. The molecule has 94 valence electrons. The van der Waals surface area contributed by atoms with Crippen molar-refractivity contribution in [2.75, 3.05) is 6.54 Å². The lowest BCUT2D eigenvalue weighted by atomic mass is 10.3. The first-order valence-electron chi connectivity index (χ1n) is 6.10. The van der Waals surface area contributed by atoms with Crippen molar-refractivity contribution in [3.8, 4) is 0 Å². The maximum absolute atomic E-state index is 11.7. The van der Waals surface area contributed by atoms with E-state index in [1.807, 2.05) is 20.0 Å². The van der Waals surface area contributed by atoms with Crippen LogP contribution in [0.4, 0.5) is 0 Å². The minimum absolute atomic E-state index is 0.0159. The monoisotopic (exact) mass is 253 g/mol. The number of carbonyl (C=O) groups is 1. The Hall–Kier alpha value is -0.940. The number of amides is 1. The van der Waals surface area contributed by atoms with Gasteiger partial charge in [-0.05, 0) is 26.7 Å². The van der Waals surface area contributed by atoms with Gasteiger partial charge in [-0.15, -0.1) is 11.3 Å². The molecule has 0 saturated heterocycles. The minimum atomic E-state index is 0.0159. The predicted molar refractivity (Wildman–Crippen MR) is 69.1 cm³/mol. The van der Waals surface area contributed by atoms with Crippen LogP contribution in [0.25, 0.3) is 0 Å². The van der Waals surface area contributed by atoms with Crippen LogP contribution in [0, 0.1) is 6.92 Å². The Morgan fingerprint density at radius 3 is 3.00 bits per heavy atom. The molecule has 0 aromatic carbocycles. The van der Waals surface area contributed by atoms with Crippen molar-refractivity contribution in [2.45, 2.75) is 45.2 Å². The van der Waals surface area contributed by atoms with Gasteiger partial charge in [0.2, 0.25) is 5.91 Å². The summed E-state index contributed by atoms with van der Waals surface area (Å²) in [6, 6.07) is 0.684. The van der Waals surface area contributed by atoms with Gasteiger partial charge >= 0.3 is 0 Å². The van der Waals surface area contributed by atoms with Gasteiger partial charge < -0.3 is 10.6 Å². The Kier molecular flexibility index (Phi) is 4.12. The van der Waals surface area contributed by atoms with Crippen molar-refractivity contribution >= 4 is 17.2 Å². The molecule has 1 aliphatic rings. The van der Waals surface area contributed by atoms with Crippen molar-refractivity contribution in [1.29, 1.82) is 0 Å². The molecule has 2 N–H and O–H groups in total. The normalized spacial score (nSPS) is 16.8. The summed E-state index contributed by atoms with van der Waals surface area (Å²) in [5.41, 5.74) is 0. The fourth-order valence-corrected chi connectivity index (χ4v) is 2.40. The van der Waals surface area contributed by atoms with E-state index >= 15 is 0 Å². The molecule has 1 amide bonds. The molecule has 1 heterocycles. The highest BCUT2D eigenvalue weighted by atomic mass is 32.1. The van der Waals surface area contributed by atoms with Gasteiger partial charge in [0.15, 0.2) is 0 Å². The van der Waals surface area contributed by atoms with Crippen molar-refractivity contribution in [3.05, 3.63) is 16.1 Å². The Morgan fingerprint density at radius 2 is 2.41 bits per heavy atom. The minimum Gasteiger partial charge on any atom is -0.347 e. The van der Waals surface area contributed by atoms with Gasteiger partial charge in [0.05, 0.1) is 6.04 Å². The molecule has 5 heteroatoms. The van der Waals surface area contributed by atoms with Crippen LogP contribution in [0.2, 0.25) is 0 Å². The molecule has 1 unspecified atom stereocenters. The molecule has 4 nitrogen and oxygen atoms in total. The molecule has 0 radical (unpaired) electrons. The van der Waals surface area contributed by atoms with Crippen molar-refractivity contribution in [1.82, 2.24) is 15.6 Å². The Labute approximate surface area is 106 Å². The highest BCUT2D eigenvalue weighted by Crippen LogP contribution is 2.19. The summed E-state index contributed by atoms with van der Waals surface area (Å²) in [5.74, 6) is 0.0958. The number of nitrogens with one attached hydrogen (secondary N) is 2. The molecule has 1 fully saturated rings. The number of carbonyl (C=O) groups excluding carboxylic acids is 1. The topological polar surface area (TPSA) is 54.0 Å². The second-order valence-electron chi connectivity index (χ2n) is 4.58. The molecule has 1 aliphatic carbocycles. The van der Waals surface area contributed by atoms with E-state index in [2.05, 4.69) is 15.6 Å². The third-order valence-corrected chi connectivity index (χ3v) is 3.84. The first kappa shape index (κ1) is 12.5. The molecular weight excluding hydrogens is 234 g/mol. The van der Waals surface area contributed by atoms with Crippen molar-refractivity contribution in [2.24, 2.45) is 0 Å². The smallest absolute Gasteiger partial charge is 0.221 e. The van der Waals surface area contributed by atoms with Crippen molar-refractivity contribution < 1.29 is 4.79 Å². The number of aryl methyl sites for hydroxylation is 1. The lowest BCUT2D eigenvalue weighted by Gasteiger charge is -2.11. The standard InChI is InChI=1S/C12H19N3OS/c1-8-7-14-12(17-8)9(2)15-11(16)5-6-13-10-3-4-10/h7,9-10,13H,3-6H2,1-2H3,(H,15,16). The third kappa shape index (κ3) is 4.09. The summed E-state index contributed by atoms with van der Waals surface area (Å²) in [6.45, 7) is 4.78. The number of rotatable bonds is 6. The van der Waals surface area contributed by atoms with Crippen LogP contribution < -0.4 is 10.6 Å². The zero-order valence-electron chi connectivity index (χ0n) is 10.3. The second kappa shape index (κ2) is 5.60. The molecule has 1 saturated carbocycles. The van der Waals surface area contributed by atoms with Crippen LogP contribution in [0.3, 0.4) is 0 Å². The summed E-state index contributed by atoms with van der Waals surface area (Å²) in [4.78, 5) is 17.1. The summed E-state index contributed by atoms with van der Waals surface area (Å²) in [7, 11) is 0. The van der Waals surface area contributed by atoms with E-state index in [1.54, 1.807) is 11.3 Å². The largest absolute Gasteiger partial charge is 0.347 e. The van der Waals surface area contributed by atoms with Crippen LogP contribution in [0.15, 0.2) is 6.20 Å². The molecule has 1 aromatic rings. The van der Waals surface area contributed by atoms with Gasteiger partial charge in [0.1, 0.15) is 5.01 Å². The maximum atomic E-state index is 11.7. The van der Waals surface area contributed by atoms with E-state index in [0.717, 1.165) is 11.6 Å². The van der Waals surface area contributed by atoms with Gasteiger partial charge in [-0.3, -0.25) is 4.79 Å². The Bertz CT molecular complexity index is 387. The Morgan fingerprint density at radius 1 is 1.65 bits per heavy atom. The van der Waals surface area contributed by atoms with E-state index in [-0.39, 0.29) is 11.9 Å². The van der Waals surface area contributed by atoms with E-state index in [9.17, 15) is 4.79 Å². The zero-order chi connectivity index (χ0) is 12.3. The van der Waals surface area contributed by atoms with E-state index in [1.165, 1.54) is 17.7 Å². The average Bonchev–Trinajstić information content (AvgIpc) is 2.99. The van der Waals surface area contributed by atoms with Crippen molar-refractivity contribution in [3.63, 3.8) is 0 Å². The fraction of sp³-hybridized carbons (Fsp3) is 0.667. The number of nitrogens with zero attached hydrogens (tertiary/aromatic N) is 1. The SMILES string of the molecule is Cc1cnc(C(C)NC(=O)CCNC2CC2)s1. The molecule has 2 rings (SSSR count). The highest BCUT2D eigenvalue weighted by Gasteiger charge is 2.20. The molecule has 0 spiro atoms. The molecule has 0 aliphatic heterocycles. The van der Waals surface area contributed by atoms with Gasteiger partial charge in [-0.25, -0.2) is 4.98 Å². The molecular formula is C12H19N3OS. The summed E-state index contributed by atoms with van der Waals surface area (Å²) < 4.78 is 0. The molecule has 17 heavy (non-hydrogen) atoms. The number of thiazole rings is 1. The molecule has 0 bridgehead atoms. The zero-order valence-corrected chi connectivity index (χ0v) is 11.1. The van der Waals surface area contributed by atoms with Gasteiger partial charge in [-0.2, -0.15) is 0 Å². The van der Waals surface area contributed by atoms with Crippen LogP contribution in [0.1, 0.15) is 42.1 Å². The Balaban J connectivity index is 1.69. The lowest BCUT2D eigenvalue weighted by Crippen LogP contribution is -2.30. The summed E-state index contributed by atoms with van der Waals surface area (Å²) in [5, 5.41) is 7.28. The number of hydrogen-bond acceptors (Lipinski definition) is 4. The summed E-state index contributed by atoms with van der Waals surface area (Å²) in [6.07, 6.45) is 4.91. The van der Waals surface area contributed by atoms with E-state index < -0.39 is 0 Å². The summed E-state index contributed by atoms with van der Waals surface area (Å²) >= 11 is 1.64. The average molecular weight is 253 g/mol. The van der Waals surface area contributed by atoms with Gasteiger partial charge in [0.25, 0.3) is 0 Å². The van der Waals surface area contributed by atoms with Crippen LogP contribution >= 0.6 is 11.3 Å². The van der Waals surface area contributed by atoms with Crippen LogP contribution in [-0.4, -0.2) is 23.5 Å². The fourth-order valence-electron chi connectivity index (χ4n) is 1.63. The maximum Gasteiger partial charge on any atom is 0.221 e. The predicted octanol–water partition coefficient (Wildman–Crippen LogP) is 1.77. The second-order valence-corrected chi connectivity index (χ2v) is 5.84. The van der Waals surface area contributed by atoms with Gasteiger partial charge in [0, 0.05) is 30.1 Å². The number of aromatic nitrogens is 1. The van der Waals surface area contributed by atoms with Gasteiger partial charge in [-0.1, -0.05) is 0 Å². The quantitative estimate of drug-likeness (QED) is 0.812. The highest BCUT2D eigenvalue weighted by molar-refractivity contribution is 7.11. The first-order chi connectivity index (χ1) is 8.15. The van der Waals surface area contributed by atoms with Crippen LogP contribution in [-0.2, 0) is 4.79 Å². The molecule has 1 atom stereocenters. The number of hydrogen-bond donors (Lipinski definition) is 2. The molecule has 1 aromatic heterocycles. The van der Waals surface area contributed by atoms with Crippen LogP contribution in [0.5, 0.6) is 0 Å². The first-order valence-corrected chi connectivity index (χ1v) is 6.92. The van der Waals surface area contributed by atoms with E-state index in [0.29, 0.717) is 12.5 Å².